The Kier molecular flexibility index (Phi) is 5.15. The second kappa shape index (κ2) is 6.86. The highest BCUT2D eigenvalue weighted by atomic mass is 35.5. The predicted octanol–water partition coefficient (Wildman–Crippen LogP) is 4.52. The lowest BCUT2D eigenvalue weighted by atomic mass is 10.1. The van der Waals surface area contributed by atoms with Gasteiger partial charge >= 0.3 is 0 Å². The lowest BCUT2D eigenvalue weighted by Gasteiger charge is -2.04. The Labute approximate surface area is 125 Å². The molecule has 0 atom stereocenters. The minimum atomic E-state index is -0.950. The zero-order valence-electron chi connectivity index (χ0n) is 10.4. The van der Waals surface area contributed by atoms with Crippen LogP contribution >= 0.6 is 23.4 Å². The van der Waals surface area contributed by atoms with Crippen LogP contribution in [0.2, 0.25) is 5.02 Å². The van der Waals surface area contributed by atoms with Gasteiger partial charge in [0.15, 0.2) is 11.6 Å². The zero-order valence-corrected chi connectivity index (χ0v) is 12.0. The number of Topliss-reactive ketones (excluding diaryl/α,β-unsaturated/α-hetero) is 1. The first kappa shape index (κ1) is 15.0. The Bertz CT molecular complexity index is 631. The molecule has 2 rings (SSSR count). The molecule has 5 heteroatoms. The monoisotopic (exact) mass is 312 g/mol. The number of carbonyl (C=O) groups excluding carboxylic acids is 1. The van der Waals surface area contributed by atoms with Crippen LogP contribution in [0.15, 0.2) is 47.4 Å². The van der Waals surface area contributed by atoms with Gasteiger partial charge in [-0.15, -0.1) is 11.8 Å². The van der Waals surface area contributed by atoms with Crippen LogP contribution in [0.25, 0.3) is 0 Å². The molecule has 0 unspecified atom stereocenters. The van der Waals surface area contributed by atoms with Crippen molar-refractivity contribution in [3.8, 4) is 0 Å². The summed E-state index contributed by atoms with van der Waals surface area (Å²) in [4.78, 5) is 12.7. The van der Waals surface area contributed by atoms with Crippen LogP contribution in [-0.4, -0.2) is 11.5 Å². The van der Waals surface area contributed by atoms with Crippen molar-refractivity contribution in [1.82, 2.24) is 0 Å². The Balaban J connectivity index is 1.94. The summed E-state index contributed by atoms with van der Waals surface area (Å²) >= 11 is 7.16. The summed E-state index contributed by atoms with van der Waals surface area (Å²) in [6, 6.07) is 11.0. The molecule has 104 valence electrons. The number of carbonyl (C=O) groups is 1. The number of benzene rings is 2. The molecule has 2 aromatic carbocycles. The number of halogens is 3. The molecule has 0 bridgehead atoms. The third-order valence-electron chi connectivity index (χ3n) is 2.62. The van der Waals surface area contributed by atoms with Gasteiger partial charge in [0.1, 0.15) is 5.78 Å². The minimum Gasteiger partial charge on any atom is -0.298 e. The molecule has 0 radical (unpaired) electrons. The van der Waals surface area contributed by atoms with Crippen molar-refractivity contribution in [2.75, 3.05) is 5.75 Å². The van der Waals surface area contributed by atoms with E-state index in [1.165, 1.54) is 23.9 Å². The van der Waals surface area contributed by atoms with Crippen LogP contribution in [0.3, 0.4) is 0 Å². The highest BCUT2D eigenvalue weighted by molar-refractivity contribution is 8.00. The van der Waals surface area contributed by atoms with Gasteiger partial charge in [-0.3, -0.25) is 4.79 Å². The van der Waals surface area contributed by atoms with Gasteiger partial charge < -0.3 is 0 Å². The fourth-order valence-corrected chi connectivity index (χ4v) is 2.74. The van der Waals surface area contributed by atoms with Crippen LogP contribution in [-0.2, 0) is 11.2 Å². The fourth-order valence-electron chi connectivity index (χ4n) is 1.67. The SMILES string of the molecule is O=C(CSc1cccc(Cl)c1)Cc1cccc(F)c1F. The van der Waals surface area contributed by atoms with Crippen molar-refractivity contribution >= 4 is 29.1 Å². The van der Waals surface area contributed by atoms with Gasteiger partial charge in [0.2, 0.25) is 0 Å². The molecule has 0 fully saturated rings. The molecule has 0 aliphatic heterocycles. The van der Waals surface area contributed by atoms with Gasteiger partial charge in [-0.2, -0.15) is 0 Å². The molecule has 0 aliphatic carbocycles. The van der Waals surface area contributed by atoms with E-state index in [1.54, 1.807) is 18.2 Å². The Morgan fingerprint density at radius 1 is 1.15 bits per heavy atom. The fraction of sp³-hybridized carbons (Fsp3) is 0.133. The van der Waals surface area contributed by atoms with E-state index in [9.17, 15) is 13.6 Å². The van der Waals surface area contributed by atoms with E-state index < -0.39 is 11.6 Å². The summed E-state index contributed by atoms with van der Waals surface area (Å²) in [7, 11) is 0. The smallest absolute Gasteiger partial charge is 0.162 e. The third kappa shape index (κ3) is 4.05. The quantitative estimate of drug-likeness (QED) is 0.755. The molecule has 0 aliphatic rings. The highest BCUT2D eigenvalue weighted by Gasteiger charge is 2.12. The number of hydrogen-bond donors (Lipinski definition) is 0. The van der Waals surface area contributed by atoms with Crippen molar-refractivity contribution < 1.29 is 13.6 Å². The second-order valence-electron chi connectivity index (χ2n) is 4.17. The van der Waals surface area contributed by atoms with Crippen LogP contribution in [0, 0.1) is 11.6 Å². The van der Waals surface area contributed by atoms with Crippen LogP contribution in [0.5, 0.6) is 0 Å². The first-order valence-electron chi connectivity index (χ1n) is 5.89. The summed E-state index contributed by atoms with van der Waals surface area (Å²) in [5, 5.41) is 0.596. The summed E-state index contributed by atoms with van der Waals surface area (Å²) in [6.07, 6.45) is -0.114. The average Bonchev–Trinajstić information content (AvgIpc) is 2.42. The first-order chi connectivity index (χ1) is 9.56. The second-order valence-corrected chi connectivity index (χ2v) is 5.66. The molecule has 0 N–H and O–H groups in total. The largest absolute Gasteiger partial charge is 0.298 e. The van der Waals surface area contributed by atoms with Gasteiger partial charge in [-0.1, -0.05) is 29.8 Å². The maximum atomic E-state index is 13.4. The Morgan fingerprint density at radius 2 is 1.90 bits per heavy atom. The van der Waals surface area contributed by atoms with Crippen molar-refractivity contribution in [3.05, 3.63) is 64.7 Å². The van der Waals surface area contributed by atoms with E-state index in [-0.39, 0.29) is 23.5 Å². The van der Waals surface area contributed by atoms with E-state index in [1.807, 2.05) is 6.07 Å². The molecule has 0 saturated heterocycles. The molecule has 20 heavy (non-hydrogen) atoms. The molecular formula is C15H11ClF2OS. The average molecular weight is 313 g/mol. The molecule has 0 heterocycles. The van der Waals surface area contributed by atoms with Crippen molar-refractivity contribution in [2.24, 2.45) is 0 Å². The van der Waals surface area contributed by atoms with E-state index in [0.717, 1.165) is 11.0 Å². The lowest BCUT2D eigenvalue weighted by molar-refractivity contribution is -0.116. The number of hydrogen-bond acceptors (Lipinski definition) is 2. The summed E-state index contributed by atoms with van der Waals surface area (Å²) < 4.78 is 26.4. The number of ketones is 1. The predicted molar refractivity (Wildman–Crippen MR) is 77.2 cm³/mol. The highest BCUT2D eigenvalue weighted by Crippen LogP contribution is 2.22. The van der Waals surface area contributed by atoms with Crippen molar-refractivity contribution in [1.29, 1.82) is 0 Å². The summed E-state index contributed by atoms with van der Waals surface area (Å²) in [5.74, 6) is -1.86. The summed E-state index contributed by atoms with van der Waals surface area (Å²) in [6.45, 7) is 0. The van der Waals surface area contributed by atoms with E-state index in [2.05, 4.69) is 0 Å². The standard InChI is InChI=1S/C15H11ClF2OS/c16-11-4-2-5-13(8-11)20-9-12(19)7-10-3-1-6-14(17)15(10)18/h1-6,8H,7,9H2. The van der Waals surface area contributed by atoms with Crippen LogP contribution in [0.1, 0.15) is 5.56 Å². The van der Waals surface area contributed by atoms with Gasteiger partial charge in [-0.05, 0) is 29.8 Å². The lowest BCUT2D eigenvalue weighted by Crippen LogP contribution is -2.08. The van der Waals surface area contributed by atoms with Gasteiger partial charge in [0.05, 0.1) is 5.75 Å². The normalized spacial score (nSPS) is 10.6. The Morgan fingerprint density at radius 3 is 2.65 bits per heavy atom. The maximum Gasteiger partial charge on any atom is 0.162 e. The number of rotatable bonds is 5. The van der Waals surface area contributed by atoms with E-state index in [0.29, 0.717) is 5.02 Å². The number of thioether (sulfide) groups is 1. The molecule has 2 aromatic rings. The van der Waals surface area contributed by atoms with E-state index >= 15 is 0 Å². The van der Waals surface area contributed by atoms with Crippen molar-refractivity contribution in [3.63, 3.8) is 0 Å². The minimum absolute atomic E-state index is 0.0849. The van der Waals surface area contributed by atoms with Crippen LogP contribution < -0.4 is 0 Å². The molecule has 0 amide bonds. The zero-order chi connectivity index (χ0) is 14.5. The Hall–Kier alpha value is -1.39. The molecule has 0 spiro atoms. The van der Waals surface area contributed by atoms with Gasteiger partial charge in [0.25, 0.3) is 0 Å². The molecule has 1 nitrogen and oxygen atoms in total. The topological polar surface area (TPSA) is 17.1 Å². The van der Waals surface area contributed by atoms with E-state index in [4.69, 9.17) is 11.6 Å². The van der Waals surface area contributed by atoms with Crippen molar-refractivity contribution in [2.45, 2.75) is 11.3 Å². The molecule has 0 saturated carbocycles. The third-order valence-corrected chi connectivity index (χ3v) is 3.90. The van der Waals surface area contributed by atoms with Crippen LogP contribution in [0.4, 0.5) is 8.78 Å². The maximum absolute atomic E-state index is 13.4. The summed E-state index contributed by atoms with van der Waals surface area (Å²) in [5.41, 5.74) is 0.0849. The molecular weight excluding hydrogens is 302 g/mol. The van der Waals surface area contributed by atoms with Gasteiger partial charge in [0, 0.05) is 16.3 Å². The van der Waals surface area contributed by atoms with Gasteiger partial charge in [-0.25, -0.2) is 8.78 Å². The first-order valence-corrected chi connectivity index (χ1v) is 7.25. The molecule has 0 aromatic heterocycles.